The van der Waals surface area contributed by atoms with Crippen LogP contribution in [0.1, 0.15) is 0 Å². The van der Waals surface area contributed by atoms with Crippen LogP contribution in [0.2, 0.25) is 0 Å². The Morgan fingerprint density at radius 1 is 0.867 bits per heavy atom. The molecule has 2 atom stereocenters. The van der Waals surface area contributed by atoms with E-state index in [1.807, 2.05) is 0 Å². The Kier molecular flexibility index (Phi) is 5.09. The van der Waals surface area contributed by atoms with Gasteiger partial charge in [-0.3, -0.25) is 9.59 Å². The molecule has 0 amide bonds. The van der Waals surface area contributed by atoms with Crippen LogP contribution in [0.5, 0.6) is 0 Å². The molecule has 0 aliphatic carbocycles. The van der Waals surface area contributed by atoms with Crippen LogP contribution in [0.15, 0.2) is 38.0 Å². The van der Waals surface area contributed by atoms with Gasteiger partial charge in [0.05, 0.1) is 11.8 Å². The van der Waals surface area contributed by atoms with E-state index >= 15 is 0 Å². The highest BCUT2D eigenvalue weighted by molar-refractivity contribution is 5.77. The molecule has 0 saturated carbocycles. The topological polar surface area (TPSA) is 74.6 Å². The molecule has 0 radical (unpaired) electrons. The molecule has 0 fully saturated rings. The number of rotatable bonds is 7. The second kappa shape index (κ2) is 5.80. The van der Waals surface area contributed by atoms with Gasteiger partial charge in [0.1, 0.15) is 0 Å². The van der Waals surface area contributed by atoms with Crippen LogP contribution < -0.4 is 0 Å². The Morgan fingerprint density at radius 2 is 1.20 bits per heavy atom. The largest absolute Gasteiger partial charge is 0.481 e. The fraction of sp³-hybridized carbons (Fsp3) is 0.273. The van der Waals surface area contributed by atoms with Crippen molar-refractivity contribution in [3.8, 4) is 0 Å². The molecule has 0 bridgehead atoms. The number of hydrogen-bond donors (Lipinski definition) is 2. The summed E-state index contributed by atoms with van der Waals surface area (Å²) in [5.74, 6) is -4.93. The zero-order valence-corrected chi connectivity index (χ0v) is 8.30. The number of allylic oxidation sites excluding steroid dienone is 1. The molecule has 0 aromatic heterocycles. The lowest BCUT2D eigenvalue weighted by Gasteiger charge is -2.21. The van der Waals surface area contributed by atoms with E-state index in [4.69, 9.17) is 10.2 Å². The van der Waals surface area contributed by atoms with Crippen LogP contribution in [0.4, 0.5) is 0 Å². The predicted molar refractivity (Wildman–Crippen MR) is 56.3 cm³/mol. The van der Waals surface area contributed by atoms with E-state index in [1.54, 1.807) is 0 Å². The van der Waals surface area contributed by atoms with Gasteiger partial charge in [-0.25, -0.2) is 0 Å². The van der Waals surface area contributed by atoms with Crippen molar-refractivity contribution in [1.29, 1.82) is 0 Å². The van der Waals surface area contributed by atoms with E-state index in [1.165, 1.54) is 18.2 Å². The molecule has 2 unspecified atom stereocenters. The summed E-state index contributed by atoms with van der Waals surface area (Å²) in [5, 5.41) is 17.7. The van der Waals surface area contributed by atoms with Crippen molar-refractivity contribution in [3.63, 3.8) is 0 Å². The average Bonchev–Trinajstić information content (AvgIpc) is 2.16. The summed E-state index contributed by atoms with van der Waals surface area (Å²) in [4.78, 5) is 21.7. The molecule has 0 spiro atoms. The maximum absolute atomic E-state index is 10.8. The molecule has 0 rings (SSSR count). The first-order valence-electron chi connectivity index (χ1n) is 4.32. The zero-order valence-electron chi connectivity index (χ0n) is 8.30. The van der Waals surface area contributed by atoms with Gasteiger partial charge in [0.25, 0.3) is 0 Å². The van der Waals surface area contributed by atoms with Gasteiger partial charge in [-0.15, -0.1) is 19.7 Å². The van der Waals surface area contributed by atoms with Gasteiger partial charge in [0, 0.05) is 5.92 Å². The highest BCUT2D eigenvalue weighted by Crippen LogP contribution is 2.25. The van der Waals surface area contributed by atoms with Crippen LogP contribution in [0.3, 0.4) is 0 Å². The van der Waals surface area contributed by atoms with Crippen molar-refractivity contribution in [1.82, 2.24) is 0 Å². The van der Waals surface area contributed by atoms with Crippen molar-refractivity contribution in [3.05, 3.63) is 38.0 Å². The van der Waals surface area contributed by atoms with Gasteiger partial charge in [-0.2, -0.15) is 0 Å². The first-order chi connectivity index (χ1) is 6.99. The molecule has 0 heterocycles. The maximum Gasteiger partial charge on any atom is 0.310 e. The van der Waals surface area contributed by atoms with Gasteiger partial charge >= 0.3 is 11.9 Å². The van der Waals surface area contributed by atoms with Crippen LogP contribution in [-0.2, 0) is 9.59 Å². The number of carbonyl (C=O) groups is 2. The lowest BCUT2D eigenvalue weighted by atomic mass is 9.81. The SMILES string of the molecule is C=CC(C(=O)O)C(C=C)C(C=C)C(=O)O. The molecule has 0 aliphatic rings. The van der Waals surface area contributed by atoms with Gasteiger partial charge < -0.3 is 10.2 Å². The van der Waals surface area contributed by atoms with Crippen LogP contribution >= 0.6 is 0 Å². The quantitative estimate of drug-likeness (QED) is 0.625. The van der Waals surface area contributed by atoms with Gasteiger partial charge in [-0.1, -0.05) is 18.2 Å². The third-order valence-corrected chi connectivity index (χ3v) is 2.18. The standard InChI is InChI=1S/C11H14O4/c1-4-7(8(5-2)10(12)13)9(6-3)11(14)15/h4-9H,1-3H2,(H,12,13)(H,14,15). The summed E-state index contributed by atoms with van der Waals surface area (Å²) >= 11 is 0. The smallest absolute Gasteiger partial charge is 0.310 e. The second-order valence-electron chi connectivity index (χ2n) is 3.01. The van der Waals surface area contributed by atoms with E-state index in [0.29, 0.717) is 0 Å². The highest BCUT2D eigenvalue weighted by atomic mass is 16.4. The van der Waals surface area contributed by atoms with Crippen LogP contribution in [0.25, 0.3) is 0 Å². The summed E-state index contributed by atoms with van der Waals surface area (Å²) < 4.78 is 0. The zero-order chi connectivity index (χ0) is 12.0. The Bertz CT molecular complexity index is 267. The molecular formula is C11H14O4. The minimum Gasteiger partial charge on any atom is -0.481 e. The minimum absolute atomic E-state index is 0.741. The van der Waals surface area contributed by atoms with Crippen LogP contribution in [0, 0.1) is 17.8 Å². The Balaban J connectivity index is 5.09. The van der Waals surface area contributed by atoms with Crippen molar-refractivity contribution in [2.24, 2.45) is 17.8 Å². The first kappa shape index (κ1) is 13.2. The molecule has 0 aromatic carbocycles. The van der Waals surface area contributed by atoms with Crippen molar-refractivity contribution >= 4 is 11.9 Å². The van der Waals surface area contributed by atoms with Gasteiger partial charge in [0.15, 0.2) is 0 Å². The first-order valence-corrected chi connectivity index (χ1v) is 4.32. The molecule has 0 saturated heterocycles. The summed E-state index contributed by atoms with van der Waals surface area (Å²) in [6.07, 6.45) is 3.71. The van der Waals surface area contributed by atoms with E-state index in [9.17, 15) is 9.59 Å². The summed E-state index contributed by atoms with van der Waals surface area (Å²) in [6, 6.07) is 0. The van der Waals surface area contributed by atoms with Gasteiger partial charge in [-0.05, 0) is 0 Å². The molecule has 0 aromatic rings. The Morgan fingerprint density at radius 3 is 1.33 bits per heavy atom. The molecule has 4 heteroatoms. The summed E-state index contributed by atoms with van der Waals surface area (Å²) in [7, 11) is 0. The molecule has 15 heavy (non-hydrogen) atoms. The number of hydrogen-bond acceptors (Lipinski definition) is 2. The fourth-order valence-electron chi connectivity index (χ4n) is 1.36. The number of carboxylic acids is 2. The third-order valence-electron chi connectivity index (χ3n) is 2.18. The maximum atomic E-state index is 10.8. The molecule has 0 aliphatic heterocycles. The lowest BCUT2D eigenvalue weighted by Crippen LogP contribution is -2.30. The monoisotopic (exact) mass is 210 g/mol. The van der Waals surface area contributed by atoms with Crippen molar-refractivity contribution in [2.75, 3.05) is 0 Å². The highest BCUT2D eigenvalue weighted by Gasteiger charge is 2.32. The van der Waals surface area contributed by atoms with Crippen LogP contribution in [-0.4, -0.2) is 22.2 Å². The lowest BCUT2D eigenvalue weighted by molar-refractivity contribution is -0.145. The Hall–Kier alpha value is -1.84. The molecule has 2 N–H and O–H groups in total. The summed E-state index contributed by atoms with van der Waals surface area (Å²) in [6.45, 7) is 10.2. The van der Waals surface area contributed by atoms with E-state index in [0.717, 1.165) is 0 Å². The average molecular weight is 210 g/mol. The normalized spacial score (nSPS) is 15.7. The number of aliphatic carboxylic acids is 2. The summed E-state index contributed by atoms with van der Waals surface area (Å²) in [5.41, 5.74) is 0. The minimum atomic E-state index is -1.12. The third kappa shape index (κ3) is 3.09. The van der Waals surface area contributed by atoms with E-state index < -0.39 is 29.7 Å². The number of carboxylic acid groups (broad SMARTS) is 2. The molecular weight excluding hydrogens is 196 g/mol. The van der Waals surface area contributed by atoms with Crippen molar-refractivity contribution in [2.45, 2.75) is 0 Å². The predicted octanol–water partition coefficient (Wildman–Crippen LogP) is 1.56. The Labute approximate surface area is 88.2 Å². The van der Waals surface area contributed by atoms with E-state index in [2.05, 4.69) is 19.7 Å². The van der Waals surface area contributed by atoms with E-state index in [-0.39, 0.29) is 0 Å². The van der Waals surface area contributed by atoms with Crippen molar-refractivity contribution < 1.29 is 19.8 Å². The molecule has 4 nitrogen and oxygen atoms in total. The fourth-order valence-corrected chi connectivity index (χ4v) is 1.36. The second-order valence-corrected chi connectivity index (χ2v) is 3.01. The molecule has 82 valence electrons. The van der Waals surface area contributed by atoms with Gasteiger partial charge in [0.2, 0.25) is 0 Å².